The second kappa shape index (κ2) is 8.78. The minimum Gasteiger partial charge on any atom is -0.0849 e. The highest BCUT2D eigenvalue weighted by molar-refractivity contribution is 4.99. The van der Waals surface area contributed by atoms with Gasteiger partial charge in [0.2, 0.25) is 0 Å². The lowest BCUT2D eigenvalue weighted by molar-refractivity contribution is 0.378. The lowest BCUT2D eigenvalue weighted by atomic mass is 9.82. The normalized spacial score (nSPS) is 16.4. The molecule has 0 rings (SSSR count). The standard InChI is InChI=1S/C17H34/c1-7-10-11-12-15(4)16(5)13-14-17(6,8-2)9-3/h13-16H,7-12H2,1-6H3. The van der Waals surface area contributed by atoms with Gasteiger partial charge in [-0.3, -0.25) is 0 Å². The monoisotopic (exact) mass is 238 g/mol. The number of unbranched alkanes of at least 4 members (excludes halogenated alkanes) is 2. The molecule has 0 aromatic heterocycles. The first-order chi connectivity index (χ1) is 7.99. The topological polar surface area (TPSA) is 0 Å². The van der Waals surface area contributed by atoms with Crippen LogP contribution in [0.25, 0.3) is 0 Å². The van der Waals surface area contributed by atoms with Gasteiger partial charge >= 0.3 is 0 Å². The van der Waals surface area contributed by atoms with E-state index in [1.54, 1.807) is 0 Å². The van der Waals surface area contributed by atoms with Crippen LogP contribution in [0.4, 0.5) is 0 Å². The largest absolute Gasteiger partial charge is 0.0849 e. The van der Waals surface area contributed by atoms with Gasteiger partial charge in [0.25, 0.3) is 0 Å². The van der Waals surface area contributed by atoms with Crippen molar-refractivity contribution in [3.05, 3.63) is 12.2 Å². The van der Waals surface area contributed by atoms with Gasteiger partial charge in [0.1, 0.15) is 0 Å². The van der Waals surface area contributed by atoms with E-state index in [4.69, 9.17) is 0 Å². The fraction of sp³-hybridized carbons (Fsp3) is 0.882. The summed E-state index contributed by atoms with van der Waals surface area (Å²) in [5.41, 5.74) is 0.414. The van der Waals surface area contributed by atoms with Crippen molar-refractivity contribution < 1.29 is 0 Å². The van der Waals surface area contributed by atoms with Crippen LogP contribution in [-0.4, -0.2) is 0 Å². The van der Waals surface area contributed by atoms with E-state index in [0.29, 0.717) is 5.41 Å². The Balaban J connectivity index is 4.13. The Hall–Kier alpha value is -0.260. The molecule has 0 saturated heterocycles. The predicted octanol–water partition coefficient (Wildman–Crippen LogP) is 6.22. The maximum absolute atomic E-state index is 2.47. The van der Waals surface area contributed by atoms with Gasteiger partial charge in [-0.05, 0) is 30.1 Å². The van der Waals surface area contributed by atoms with E-state index in [0.717, 1.165) is 11.8 Å². The Morgan fingerprint density at radius 2 is 1.59 bits per heavy atom. The zero-order valence-corrected chi connectivity index (χ0v) is 13.1. The number of hydrogen-bond acceptors (Lipinski definition) is 0. The molecule has 0 aromatic rings. The van der Waals surface area contributed by atoms with E-state index >= 15 is 0 Å². The van der Waals surface area contributed by atoms with Gasteiger partial charge in [-0.1, -0.05) is 79.4 Å². The third kappa shape index (κ3) is 6.91. The summed E-state index contributed by atoms with van der Waals surface area (Å²) in [5.74, 6) is 1.56. The molecule has 0 spiro atoms. The van der Waals surface area contributed by atoms with E-state index in [1.165, 1.54) is 38.5 Å². The average molecular weight is 238 g/mol. The van der Waals surface area contributed by atoms with Gasteiger partial charge in [0.15, 0.2) is 0 Å². The summed E-state index contributed by atoms with van der Waals surface area (Å²) in [7, 11) is 0. The maximum Gasteiger partial charge on any atom is -0.0152 e. The molecule has 0 aliphatic rings. The van der Waals surface area contributed by atoms with E-state index in [1.807, 2.05) is 0 Å². The summed E-state index contributed by atoms with van der Waals surface area (Å²) in [6, 6.07) is 0. The molecular formula is C17H34. The van der Waals surface area contributed by atoms with Crippen molar-refractivity contribution in [1.82, 2.24) is 0 Å². The molecule has 0 fully saturated rings. The summed E-state index contributed by atoms with van der Waals surface area (Å²) < 4.78 is 0. The molecule has 0 bridgehead atoms. The molecule has 2 atom stereocenters. The first-order valence-corrected chi connectivity index (χ1v) is 7.68. The fourth-order valence-corrected chi connectivity index (χ4v) is 2.04. The second-order valence-electron chi connectivity index (χ2n) is 6.05. The van der Waals surface area contributed by atoms with Crippen molar-refractivity contribution in [3.63, 3.8) is 0 Å². The molecule has 0 aliphatic heterocycles. The van der Waals surface area contributed by atoms with Crippen LogP contribution in [0.5, 0.6) is 0 Å². The smallest absolute Gasteiger partial charge is 0.0152 e. The molecule has 2 unspecified atom stereocenters. The van der Waals surface area contributed by atoms with Crippen LogP contribution >= 0.6 is 0 Å². The summed E-state index contributed by atoms with van der Waals surface area (Å²) in [6.07, 6.45) is 12.9. The minimum atomic E-state index is 0.414. The number of hydrogen-bond donors (Lipinski definition) is 0. The third-order valence-electron chi connectivity index (χ3n) is 4.58. The third-order valence-corrected chi connectivity index (χ3v) is 4.58. The highest BCUT2D eigenvalue weighted by Crippen LogP contribution is 2.29. The van der Waals surface area contributed by atoms with Crippen molar-refractivity contribution >= 4 is 0 Å². The van der Waals surface area contributed by atoms with Gasteiger partial charge in [0.05, 0.1) is 0 Å². The first-order valence-electron chi connectivity index (χ1n) is 7.68. The molecule has 0 heterocycles. The van der Waals surface area contributed by atoms with E-state index in [2.05, 4.69) is 53.7 Å². The average Bonchev–Trinajstić information content (AvgIpc) is 2.35. The van der Waals surface area contributed by atoms with Gasteiger partial charge in [0, 0.05) is 0 Å². The van der Waals surface area contributed by atoms with Crippen molar-refractivity contribution in [2.75, 3.05) is 0 Å². The zero-order valence-electron chi connectivity index (χ0n) is 13.1. The summed E-state index contributed by atoms with van der Waals surface area (Å²) in [6.45, 7) is 14.0. The highest BCUT2D eigenvalue weighted by Gasteiger charge is 2.16. The van der Waals surface area contributed by atoms with Gasteiger partial charge in [-0.15, -0.1) is 0 Å². The van der Waals surface area contributed by atoms with E-state index in [9.17, 15) is 0 Å². The summed E-state index contributed by atoms with van der Waals surface area (Å²) in [5, 5.41) is 0. The first kappa shape index (κ1) is 16.7. The summed E-state index contributed by atoms with van der Waals surface area (Å²) in [4.78, 5) is 0. The molecule has 0 saturated carbocycles. The Kier molecular flexibility index (Phi) is 8.64. The van der Waals surface area contributed by atoms with Gasteiger partial charge in [-0.2, -0.15) is 0 Å². The minimum absolute atomic E-state index is 0.414. The molecule has 0 N–H and O–H groups in total. The molecule has 17 heavy (non-hydrogen) atoms. The Bertz CT molecular complexity index is 198. The summed E-state index contributed by atoms with van der Waals surface area (Å²) >= 11 is 0. The maximum atomic E-state index is 2.47. The molecule has 0 aromatic carbocycles. The molecule has 0 aliphatic carbocycles. The molecule has 0 amide bonds. The van der Waals surface area contributed by atoms with Gasteiger partial charge in [-0.25, -0.2) is 0 Å². The Morgan fingerprint density at radius 3 is 2.06 bits per heavy atom. The molecule has 0 heteroatoms. The van der Waals surface area contributed by atoms with Crippen molar-refractivity contribution in [2.45, 2.75) is 80.1 Å². The van der Waals surface area contributed by atoms with E-state index < -0.39 is 0 Å². The number of allylic oxidation sites excluding steroid dienone is 2. The Labute approximate surface area is 110 Å². The van der Waals surface area contributed by atoms with Crippen molar-refractivity contribution in [1.29, 1.82) is 0 Å². The van der Waals surface area contributed by atoms with Crippen molar-refractivity contribution in [2.24, 2.45) is 17.3 Å². The second-order valence-corrected chi connectivity index (χ2v) is 6.05. The highest BCUT2D eigenvalue weighted by atomic mass is 14.2. The fourth-order valence-electron chi connectivity index (χ4n) is 2.04. The SMILES string of the molecule is CCCCCC(C)C(C)C=CC(C)(CC)CC. The lowest BCUT2D eigenvalue weighted by Gasteiger charge is -2.24. The van der Waals surface area contributed by atoms with Gasteiger partial charge < -0.3 is 0 Å². The van der Waals surface area contributed by atoms with Crippen LogP contribution in [0, 0.1) is 17.3 Å². The predicted molar refractivity (Wildman–Crippen MR) is 80.3 cm³/mol. The zero-order chi connectivity index (χ0) is 13.3. The molecule has 0 radical (unpaired) electrons. The van der Waals surface area contributed by atoms with E-state index in [-0.39, 0.29) is 0 Å². The molecule has 0 nitrogen and oxygen atoms in total. The Morgan fingerprint density at radius 1 is 1.00 bits per heavy atom. The number of rotatable bonds is 9. The van der Waals surface area contributed by atoms with Crippen LogP contribution in [0.2, 0.25) is 0 Å². The molecular weight excluding hydrogens is 204 g/mol. The van der Waals surface area contributed by atoms with Crippen LogP contribution in [0.1, 0.15) is 80.1 Å². The van der Waals surface area contributed by atoms with Crippen LogP contribution in [0.3, 0.4) is 0 Å². The lowest BCUT2D eigenvalue weighted by Crippen LogP contribution is -2.12. The van der Waals surface area contributed by atoms with Crippen LogP contribution in [0.15, 0.2) is 12.2 Å². The van der Waals surface area contributed by atoms with Crippen LogP contribution in [-0.2, 0) is 0 Å². The quantitative estimate of drug-likeness (QED) is 0.330. The van der Waals surface area contributed by atoms with Crippen LogP contribution < -0.4 is 0 Å². The molecule has 102 valence electrons. The van der Waals surface area contributed by atoms with Crippen molar-refractivity contribution in [3.8, 4) is 0 Å².